The standard InChI is InChI=1S/C19H21N5/c1-24-11-10-17(13-24)21-15-6-8-16(9-7-15)22-19-20-12-14-4-2-3-5-18(14)23-19/h2-9,12,17,21H,10-11,13H2,1H3,(H,20,22,23). The lowest BCUT2D eigenvalue weighted by Gasteiger charge is -2.14. The summed E-state index contributed by atoms with van der Waals surface area (Å²) >= 11 is 0. The van der Waals surface area contributed by atoms with Crippen LogP contribution in [0.3, 0.4) is 0 Å². The van der Waals surface area contributed by atoms with Crippen molar-refractivity contribution in [3.63, 3.8) is 0 Å². The highest BCUT2D eigenvalue weighted by atomic mass is 15.2. The number of para-hydroxylation sites is 1. The summed E-state index contributed by atoms with van der Waals surface area (Å²) in [4.78, 5) is 11.3. The van der Waals surface area contributed by atoms with Gasteiger partial charge in [0.1, 0.15) is 0 Å². The molecule has 2 N–H and O–H groups in total. The monoisotopic (exact) mass is 319 g/mol. The van der Waals surface area contributed by atoms with Gasteiger partial charge in [-0.25, -0.2) is 9.97 Å². The van der Waals surface area contributed by atoms with Crippen molar-refractivity contribution in [2.75, 3.05) is 30.8 Å². The number of fused-ring (bicyclic) bond motifs is 1. The Bertz CT molecular complexity index is 831. The van der Waals surface area contributed by atoms with Crippen LogP contribution in [-0.4, -0.2) is 41.0 Å². The number of likely N-dealkylation sites (N-methyl/N-ethyl adjacent to an activating group) is 1. The van der Waals surface area contributed by atoms with Crippen LogP contribution >= 0.6 is 0 Å². The molecule has 1 unspecified atom stereocenters. The summed E-state index contributed by atoms with van der Waals surface area (Å²) in [5.41, 5.74) is 3.08. The van der Waals surface area contributed by atoms with Crippen molar-refractivity contribution in [1.29, 1.82) is 0 Å². The van der Waals surface area contributed by atoms with Gasteiger partial charge in [0.15, 0.2) is 0 Å². The van der Waals surface area contributed by atoms with E-state index in [0.29, 0.717) is 12.0 Å². The number of benzene rings is 2. The second-order valence-electron chi connectivity index (χ2n) is 6.35. The zero-order chi connectivity index (χ0) is 16.4. The molecule has 0 aliphatic carbocycles. The van der Waals surface area contributed by atoms with Gasteiger partial charge in [0.25, 0.3) is 0 Å². The first-order valence-corrected chi connectivity index (χ1v) is 8.30. The largest absolute Gasteiger partial charge is 0.381 e. The molecule has 1 aromatic heterocycles. The maximum Gasteiger partial charge on any atom is 0.227 e. The first kappa shape index (κ1) is 14.9. The summed E-state index contributed by atoms with van der Waals surface area (Å²) in [7, 11) is 2.16. The lowest BCUT2D eigenvalue weighted by atomic mass is 10.2. The molecule has 5 nitrogen and oxygen atoms in total. The van der Waals surface area contributed by atoms with E-state index in [1.165, 1.54) is 6.42 Å². The molecule has 2 aromatic carbocycles. The molecule has 24 heavy (non-hydrogen) atoms. The molecule has 1 saturated heterocycles. The molecule has 1 atom stereocenters. The predicted molar refractivity (Wildman–Crippen MR) is 98.8 cm³/mol. The second-order valence-corrected chi connectivity index (χ2v) is 6.35. The Kier molecular flexibility index (Phi) is 4.01. The minimum atomic E-state index is 0.539. The van der Waals surface area contributed by atoms with E-state index < -0.39 is 0 Å². The number of rotatable bonds is 4. The molecule has 2 heterocycles. The molecule has 4 rings (SSSR count). The molecule has 0 amide bonds. The molecule has 0 saturated carbocycles. The smallest absolute Gasteiger partial charge is 0.227 e. The van der Waals surface area contributed by atoms with E-state index >= 15 is 0 Å². The van der Waals surface area contributed by atoms with E-state index in [0.717, 1.165) is 35.4 Å². The summed E-state index contributed by atoms with van der Waals surface area (Å²) in [6.07, 6.45) is 3.04. The average molecular weight is 319 g/mol. The predicted octanol–water partition coefficient (Wildman–Crippen LogP) is 3.49. The van der Waals surface area contributed by atoms with Gasteiger partial charge in [0.05, 0.1) is 5.52 Å². The number of aromatic nitrogens is 2. The van der Waals surface area contributed by atoms with Crippen molar-refractivity contribution in [1.82, 2.24) is 14.9 Å². The van der Waals surface area contributed by atoms with Gasteiger partial charge < -0.3 is 15.5 Å². The molecule has 0 radical (unpaired) electrons. The SMILES string of the molecule is CN1CCC(Nc2ccc(Nc3ncc4ccccc4n3)cc2)C1. The van der Waals surface area contributed by atoms with Crippen molar-refractivity contribution in [2.24, 2.45) is 0 Å². The van der Waals surface area contributed by atoms with Crippen molar-refractivity contribution in [3.8, 4) is 0 Å². The van der Waals surface area contributed by atoms with Crippen molar-refractivity contribution in [2.45, 2.75) is 12.5 Å². The summed E-state index contributed by atoms with van der Waals surface area (Å²) in [6, 6.07) is 16.8. The highest BCUT2D eigenvalue weighted by Crippen LogP contribution is 2.20. The van der Waals surface area contributed by atoms with Crippen LogP contribution in [0.4, 0.5) is 17.3 Å². The Hall–Kier alpha value is -2.66. The summed E-state index contributed by atoms with van der Waals surface area (Å²) in [5, 5.41) is 7.90. The average Bonchev–Trinajstić information content (AvgIpc) is 3.01. The Morgan fingerprint density at radius 1 is 1.04 bits per heavy atom. The molecular formula is C19H21N5. The van der Waals surface area contributed by atoms with Gasteiger partial charge in [-0.05, 0) is 50.3 Å². The van der Waals surface area contributed by atoms with E-state index in [4.69, 9.17) is 0 Å². The first-order valence-electron chi connectivity index (χ1n) is 8.30. The molecule has 0 spiro atoms. The zero-order valence-electron chi connectivity index (χ0n) is 13.7. The van der Waals surface area contributed by atoms with Gasteiger partial charge in [-0.2, -0.15) is 0 Å². The van der Waals surface area contributed by atoms with Crippen LogP contribution in [0.25, 0.3) is 10.9 Å². The van der Waals surface area contributed by atoms with Crippen molar-refractivity contribution < 1.29 is 0 Å². The Morgan fingerprint density at radius 2 is 1.83 bits per heavy atom. The van der Waals surface area contributed by atoms with Gasteiger partial charge >= 0.3 is 0 Å². The van der Waals surface area contributed by atoms with Gasteiger partial charge in [-0.3, -0.25) is 0 Å². The molecule has 0 bridgehead atoms. The van der Waals surface area contributed by atoms with Crippen molar-refractivity contribution >= 4 is 28.2 Å². The molecule has 1 aliphatic heterocycles. The van der Waals surface area contributed by atoms with Crippen molar-refractivity contribution in [3.05, 3.63) is 54.7 Å². The summed E-state index contributed by atoms with van der Waals surface area (Å²) in [5.74, 6) is 0.617. The fourth-order valence-corrected chi connectivity index (χ4v) is 3.10. The van der Waals surface area contributed by atoms with Gasteiger partial charge in [0.2, 0.25) is 5.95 Å². The third-order valence-corrected chi connectivity index (χ3v) is 4.39. The van der Waals surface area contributed by atoms with E-state index in [9.17, 15) is 0 Å². The Morgan fingerprint density at radius 3 is 2.62 bits per heavy atom. The molecule has 1 fully saturated rings. The lowest BCUT2D eigenvalue weighted by molar-refractivity contribution is 0.414. The van der Waals surface area contributed by atoms with Crippen LogP contribution in [0.2, 0.25) is 0 Å². The van der Waals surface area contributed by atoms with Gasteiger partial charge in [-0.1, -0.05) is 18.2 Å². The number of likely N-dealkylation sites (tertiary alicyclic amines) is 1. The molecular weight excluding hydrogens is 298 g/mol. The number of nitrogens with zero attached hydrogens (tertiary/aromatic N) is 3. The number of anilines is 3. The summed E-state index contributed by atoms with van der Waals surface area (Å²) < 4.78 is 0. The highest BCUT2D eigenvalue weighted by molar-refractivity contribution is 5.78. The van der Waals surface area contributed by atoms with Gasteiger partial charge in [0, 0.05) is 35.5 Å². The number of hydrogen-bond acceptors (Lipinski definition) is 5. The number of nitrogens with one attached hydrogen (secondary N) is 2. The van der Waals surface area contributed by atoms with Crippen LogP contribution in [0.1, 0.15) is 6.42 Å². The lowest BCUT2D eigenvalue weighted by Crippen LogP contribution is -2.23. The Balaban J connectivity index is 1.44. The van der Waals surface area contributed by atoms with Crippen LogP contribution < -0.4 is 10.6 Å². The quantitative estimate of drug-likeness (QED) is 0.771. The molecule has 122 valence electrons. The van der Waals surface area contributed by atoms with E-state index in [2.05, 4.69) is 56.8 Å². The highest BCUT2D eigenvalue weighted by Gasteiger charge is 2.18. The maximum atomic E-state index is 4.54. The molecule has 3 aromatic rings. The zero-order valence-corrected chi connectivity index (χ0v) is 13.7. The normalized spacial score (nSPS) is 18.0. The minimum Gasteiger partial charge on any atom is -0.381 e. The molecule has 5 heteroatoms. The third kappa shape index (κ3) is 3.31. The number of hydrogen-bond donors (Lipinski definition) is 2. The second kappa shape index (κ2) is 6.45. The topological polar surface area (TPSA) is 53.1 Å². The van der Waals surface area contributed by atoms with Crippen LogP contribution in [0.5, 0.6) is 0 Å². The minimum absolute atomic E-state index is 0.539. The first-order chi connectivity index (χ1) is 11.8. The van der Waals surface area contributed by atoms with E-state index in [1.54, 1.807) is 0 Å². The van der Waals surface area contributed by atoms with E-state index in [-0.39, 0.29) is 0 Å². The van der Waals surface area contributed by atoms with Crippen LogP contribution in [0, 0.1) is 0 Å². The summed E-state index contributed by atoms with van der Waals surface area (Å²) in [6.45, 7) is 2.27. The maximum absolute atomic E-state index is 4.54. The molecule has 1 aliphatic rings. The van der Waals surface area contributed by atoms with Crippen LogP contribution in [0.15, 0.2) is 54.7 Å². The fourth-order valence-electron chi connectivity index (χ4n) is 3.10. The van der Waals surface area contributed by atoms with Gasteiger partial charge in [-0.15, -0.1) is 0 Å². The fraction of sp³-hybridized carbons (Fsp3) is 0.263. The Labute approximate surface area is 141 Å². The third-order valence-electron chi connectivity index (χ3n) is 4.39. The van der Waals surface area contributed by atoms with Crippen LogP contribution in [-0.2, 0) is 0 Å². The van der Waals surface area contributed by atoms with E-state index in [1.807, 2.05) is 30.5 Å².